The topological polar surface area (TPSA) is 75.4 Å². The lowest BCUT2D eigenvalue weighted by Gasteiger charge is -2.25. The average Bonchev–Trinajstić information content (AvgIpc) is 2.57. The highest BCUT2D eigenvalue weighted by Gasteiger charge is 2.27. The van der Waals surface area contributed by atoms with Crippen LogP contribution in [-0.4, -0.2) is 28.3 Å². The summed E-state index contributed by atoms with van der Waals surface area (Å²) in [4.78, 5) is 12.0. The smallest absolute Gasteiger partial charge is 0.227 e. The van der Waals surface area contributed by atoms with Crippen LogP contribution in [0.15, 0.2) is 4.52 Å². The number of carbonyl (C=O) groups excluding carboxylic acids is 1. The van der Waals surface area contributed by atoms with Crippen LogP contribution in [0.2, 0.25) is 0 Å². The van der Waals surface area contributed by atoms with Crippen molar-refractivity contribution in [3.63, 3.8) is 0 Å². The summed E-state index contributed by atoms with van der Waals surface area (Å²) in [6, 6.07) is 0. The minimum absolute atomic E-state index is 0.104. The van der Waals surface area contributed by atoms with E-state index >= 15 is 0 Å². The molecule has 1 aromatic heterocycles. The maximum atomic E-state index is 12.0. The third kappa shape index (κ3) is 3.06. The number of hydrogen-bond acceptors (Lipinski definition) is 4. The summed E-state index contributed by atoms with van der Waals surface area (Å²) in [5, 5.41) is 15.7. The summed E-state index contributed by atoms with van der Waals surface area (Å²) in [7, 11) is 0. The van der Waals surface area contributed by atoms with Gasteiger partial charge in [0.05, 0.1) is 23.8 Å². The molecule has 0 saturated heterocycles. The fraction of sp³-hybridized carbons (Fsp3) is 0.667. The predicted molar refractivity (Wildman–Crippen MR) is 63.7 cm³/mol. The van der Waals surface area contributed by atoms with Crippen molar-refractivity contribution in [3.8, 4) is 0 Å². The quantitative estimate of drug-likeness (QED) is 0.831. The first-order valence-corrected chi connectivity index (χ1v) is 5.64. The minimum Gasteiger partial charge on any atom is -0.394 e. The predicted octanol–water partition coefficient (Wildman–Crippen LogP) is 1.28. The summed E-state index contributed by atoms with van der Waals surface area (Å²) < 4.78 is 5.04. The zero-order chi connectivity index (χ0) is 13.2. The zero-order valence-electron chi connectivity index (χ0n) is 11.0. The third-order valence-electron chi connectivity index (χ3n) is 2.77. The molecule has 0 aliphatic carbocycles. The van der Waals surface area contributed by atoms with Crippen molar-refractivity contribution in [2.45, 2.75) is 46.1 Å². The van der Waals surface area contributed by atoms with Gasteiger partial charge in [-0.25, -0.2) is 0 Å². The Morgan fingerprint density at radius 1 is 1.53 bits per heavy atom. The Morgan fingerprint density at radius 3 is 2.53 bits per heavy atom. The average molecular weight is 240 g/mol. The highest BCUT2D eigenvalue weighted by atomic mass is 16.5. The van der Waals surface area contributed by atoms with Crippen molar-refractivity contribution in [2.75, 3.05) is 6.61 Å². The van der Waals surface area contributed by atoms with Gasteiger partial charge in [-0.15, -0.1) is 0 Å². The number of carbonyl (C=O) groups is 1. The molecule has 1 unspecified atom stereocenters. The van der Waals surface area contributed by atoms with Gasteiger partial charge in [-0.2, -0.15) is 0 Å². The molecule has 0 aromatic carbocycles. The van der Waals surface area contributed by atoms with Crippen LogP contribution in [-0.2, 0) is 4.79 Å². The molecule has 1 amide bonds. The highest BCUT2D eigenvalue weighted by Crippen LogP contribution is 2.23. The van der Waals surface area contributed by atoms with Crippen molar-refractivity contribution in [1.82, 2.24) is 10.5 Å². The van der Waals surface area contributed by atoms with E-state index in [9.17, 15) is 4.79 Å². The molecular weight excluding hydrogens is 220 g/mol. The molecule has 1 heterocycles. The van der Waals surface area contributed by atoms with Gasteiger partial charge in [-0.3, -0.25) is 4.79 Å². The van der Waals surface area contributed by atoms with Gasteiger partial charge in [0.25, 0.3) is 0 Å². The molecule has 2 N–H and O–H groups in total. The van der Waals surface area contributed by atoms with Crippen LogP contribution in [0, 0.1) is 13.8 Å². The molecule has 1 aromatic rings. The zero-order valence-corrected chi connectivity index (χ0v) is 11.0. The van der Waals surface area contributed by atoms with Gasteiger partial charge >= 0.3 is 0 Å². The maximum Gasteiger partial charge on any atom is 0.227 e. The molecule has 0 fully saturated rings. The molecule has 1 rings (SSSR count). The van der Waals surface area contributed by atoms with Crippen molar-refractivity contribution in [3.05, 3.63) is 17.0 Å². The van der Waals surface area contributed by atoms with Crippen LogP contribution in [0.1, 0.15) is 43.7 Å². The molecule has 5 heteroatoms. The van der Waals surface area contributed by atoms with Gasteiger partial charge < -0.3 is 14.9 Å². The van der Waals surface area contributed by atoms with E-state index in [1.54, 1.807) is 27.7 Å². The molecule has 5 nitrogen and oxygen atoms in total. The number of hydrogen-bond donors (Lipinski definition) is 2. The SMILES string of the molecule is Cc1noc(C)c1C(C)C(=O)NC(C)(C)CO. The Morgan fingerprint density at radius 2 is 2.12 bits per heavy atom. The van der Waals surface area contributed by atoms with E-state index in [1.807, 2.05) is 6.92 Å². The molecular formula is C12H20N2O3. The van der Waals surface area contributed by atoms with Gasteiger partial charge in [0, 0.05) is 5.56 Å². The first-order chi connectivity index (χ1) is 7.78. The third-order valence-corrected chi connectivity index (χ3v) is 2.77. The van der Waals surface area contributed by atoms with E-state index in [-0.39, 0.29) is 18.4 Å². The van der Waals surface area contributed by atoms with E-state index in [4.69, 9.17) is 9.63 Å². The Labute approximate surface area is 101 Å². The summed E-state index contributed by atoms with van der Waals surface area (Å²) >= 11 is 0. The largest absolute Gasteiger partial charge is 0.394 e. The van der Waals surface area contributed by atoms with Crippen LogP contribution in [0.25, 0.3) is 0 Å². The van der Waals surface area contributed by atoms with Crippen molar-refractivity contribution in [1.29, 1.82) is 0 Å². The molecule has 0 bridgehead atoms. The molecule has 17 heavy (non-hydrogen) atoms. The van der Waals surface area contributed by atoms with Crippen LogP contribution >= 0.6 is 0 Å². The first kappa shape index (κ1) is 13.7. The number of rotatable bonds is 4. The summed E-state index contributed by atoms with van der Waals surface area (Å²) in [6.45, 7) is 8.83. The fourth-order valence-electron chi connectivity index (χ4n) is 1.72. The number of nitrogens with zero attached hydrogens (tertiary/aromatic N) is 1. The number of aryl methyl sites for hydroxylation is 2. The van der Waals surface area contributed by atoms with Crippen LogP contribution < -0.4 is 5.32 Å². The Hall–Kier alpha value is -1.36. The second-order valence-electron chi connectivity index (χ2n) is 4.99. The van der Waals surface area contributed by atoms with Gasteiger partial charge in [-0.05, 0) is 34.6 Å². The first-order valence-electron chi connectivity index (χ1n) is 5.64. The molecule has 96 valence electrons. The fourth-order valence-corrected chi connectivity index (χ4v) is 1.72. The lowest BCUT2D eigenvalue weighted by Crippen LogP contribution is -2.47. The van der Waals surface area contributed by atoms with E-state index in [2.05, 4.69) is 10.5 Å². The number of nitrogens with one attached hydrogen (secondary N) is 1. The number of amides is 1. The monoisotopic (exact) mass is 240 g/mol. The van der Waals surface area contributed by atoms with E-state index in [0.717, 1.165) is 11.3 Å². The Kier molecular flexibility index (Phi) is 3.93. The second-order valence-corrected chi connectivity index (χ2v) is 4.99. The standard InChI is InChI=1S/C12H20N2O3/c1-7(10-8(2)14-17-9(10)3)11(16)13-12(4,5)6-15/h7,15H,6H2,1-5H3,(H,13,16). The van der Waals surface area contributed by atoms with Gasteiger partial charge in [-0.1, -0.05) is 5.16 Å². The molecule has 0 aliphatic heterocycles. The maximum absolute atomic E-state index is 12.0. The summed E-state index contributed by atoms with van der Waals surface area (Å²) in [5.74, 6) is 0.178. The Bertz CT molecular complexity index is 390. The van der Waals surface area contributed by atoms with Crippen molar-refractivity contribution in [2.24, 2.45) is 0 Å². The van der Waals surface area contributed by atoms with Crippen LogP contribution in [0.5, 0.6) is 0 Å². The number of aliphatic hydroxyl groups is 1. The van der Waals surface area contributed by atoms with Crippen molar-refractivity contribution >= 4 is 5.91 Å². The normalized spacial score (nSPS) is 13.5. The minimum atomic E-state index is -0.621. The number of aromatic nitrogens is 1. The molecule has 0 spiro atoms. The van der Waals surface area contributed by atoms with Gasteiger partial charge in [0.1, 0.15) is 5.76 Å². The molecule has 0 saturated carbocycles. The van der Waals surface area contributed by atoms with E-state index in [0.29, 0.717) is 5.76 Å². The molecule has 0 aliphatic rings. The van der Waals surface area contributed by atoms with Gasteiger partial charge in [0.2, 0.25) is 5.91 Å². The molecule has 0 radical (unpaired) electrons. The summed E-state index contributed by atoms with van der Waals surface area (Å²) in [6.07, 6.45) is 0. The highest BCUT2D eigenvalue weighted by molar-refractivity contribution is 5.84. The lowest BCUT2D eigenvalue weighted by atomic mass is 9.97. The van der Waals surface area contributed by atoms with Crippen LogP contribution in [0.4, 0.5) is 0 Å². The van der Waals surface area contributed by atoms with Crippen molar-refractivity contribution < 1.29 is 14.4 Å². The van der Waals surface area contributed by atoms with Crippen LogP contribution in [0.3, 0.4) is 0 Å². The van der Waals surface area contributed by atoms with E-state index in [1.165, 1.54) is 0 Å². The Balaban J connectivity index is 2.84. The van der Waals surface area contributed by atoms with E-state index < -0.39 is 5.54 Å². The van der Waals surface area contributed by atoms with Gasteiger partial charge in [0.15, 0.2) is 0 Å². The summed E-state index contributed by atoms with van der Waals surface area (Å²) in [5.41, 5.74) is 0.924. The second kappa shape index (κ2) is 4.87. The number of aliphatic hydroxyl groups excluding tert-OH is 1. The molecule has 1 atom stereocenters. The lowest BCUT2D eigenvalue weighted by molar-refractivity contribution is -0.124.